The smallest absolute Gasteiger partial charge is 0.338 e. The lowest BCUT2D eigenvalue weighted by molar-refractivity contribution is -0.0274. The Morgan fingerprint density at radius 1 is 0.610 bits per heavy atom. The van der Waals surface area contributed by atoms with Gasteiger partial charge in [0, 0.05) is 41.0 Å². The minimum absolute atomic E-state index is 0.0886. The third-order valence-corrected chi connectivity index (χ3v) is 6.61. The number of rotatable bonds is 4. The van der Waals surface area contributed by atoms with Gasteiger partial charge in [-0.1, -0.05) is 6.07 Å². The molecule has 1 heterocycles. The summed E-state index contributed by atoms with van der Waals surface area (Å²) in [4.78, 5) is 13.3. The normalized spacial score (nSPS) is 17.8. The van der Waals surface area contributed by atoms with E-state index in [1.54, 1.807) is 0 Å². The van der Waals surface area contributed by atoms with Crippen molar-refractivity contribution in [1.82, 2.24) is 0 Å². The highest BCUT2D eigenvalue weighted by atomic mass is 16.6. The van der Waals surface area contributed by atoms with Crippen molar-refractivity contribution in [2.45, 2.75) is 18.1 Å². The average molecular weight is 566 g/mol. The number of phenolic OH excluding ortho intramolecular Hbond substituents is 10. The standard InChI is InChI=1S/C28H22O13/c29-12-6-16(33)22(17(34)7-12)24-23-18(35)8-13(30)9-21(23)40-26(10-1-2-14(31)15(32)3-10)27(24)41-28(39)11-4-19(36)25(38)20(37)5-11/h1-9,24,26-27,29-38H/t24-,26+,27-/m0/s1. The summed E-state index contributed by atoms with van der Waals surface area (Å²) in [5.74, 6) is -9.43. The Hall–Kier alpha value is -5.85. The summed E-state index contributed by atoms with van der Waals surface area (Å²) in [6, 6.07) is 8.93. The first kappa shape index (κ1) is 26.7. The molecule has 13 nitrogen and oxygen atoms in total. The molecule has 4 aromatic carbocycles. The fraction of sp³-hybridized carbons (Fsp3) is 0.107. The Kier molecular flexibility index (Phi) is 6.34. The number of carbonyl (C=O) groups excluding carboxylic acids is 1. The van der Waals surface area contributed by atoms with Gasteiger partial charge in [-0.2, -0.15) is 0 Å². The topological polar surface area (TPSA) is 238 Å². The Balaban J connectivity index is 1.76. The van der Waals surface area contributed by atoms with Crippen LogP contribution in [0.2, 0.25) is 0 Å². The molecule has 4 aromatic rings. The summed E-state index contributed by atoms with van der Waals surface area (Å²) in [7, 11) is 0. The summed E-state index contributed by atoms with van der Waals surface area (Å²) >= 11 is 0. The molecule has 0 radical (unpaired) electrons. The summed E-state index contributed by atoms with van der Waals surface area (Å²) in [5, 5.41) is 102. The maximum absolute atomic E-state index is 13.3. The maximum atomic E-state index is 13.3. The quantitative estimate of drug-likeness (QED) is 0.126. The van der Waals surface area contributed by atoms with Crippen molar-refractivity contribution in [2.24, 2.45) is 0 Å². The molecule has 0 saturated heterocycles. The van der Waals surface area contributed by atoms with Crippen molar-refractivity contribution in [2.75, 3.05) is 0 Å². The summed E-state index contributed by atoms with van der Waals surface area (Å²) in [6.45, 7) is 0. The highest BCUT2D eigenvalue weighted by Crippen LogP contribution is 2.55. The summed E-state index contributed by atoms with van der Waals surface area (Å²) in [6.07, 6.45) is -3.05. The molecule has 0 fully saturated rings. The third-order valence-electron chi connectivity index (χ3n) is 6.61. The number of hydrogen-bond donors (Lipinski definition) is 10. The second-order valence-electron chi connectivity index (χ2n) is 9.27. The van der Waals surface area contributed by atoms with Gasteiger partial charge in [0.05, 0.1) is 11.5 Å². The van der Waals surface area contributed by atoms with Crippen molar-refractivity contribution in [3.05, 3.63) is 76.9 Å². The van der Waals surface area contributed by atoms with E-state index in [1.807, 2.05) is 0 Å². The molecule has 0 amide bonds. The van der Waals surface area contributed by atoms with Gasteiger partial charge in [0.1, 0.15) is 34.5 Å². The second kappa shape index (κ2) is 9.72. The Morgan fingerprint density at radius 3 is 1.76 bits per heavy atom. The van der Waals surface area contributed by atoms with E-state index in [9.17, 15) is 55.9 Å². The Labute approximate surface area is 229 Å². The van der Waals surface area contributed by atoms with Crippen molar-refractivity contribution in [3.8, 4) is 63.2 Å². The number of carbonyl (C=O) groups is 1. The lowest BCUT2D eigenvalue weighted by Gasteiger charge is -2.40. The van der Waals surface area contributed by atoms with Crippen LogP contribution in [0.4, 0.5) is 0 Å². The first-order chi connectivity index (χ1) is 19.3. The summed E-state index contributed by atoms with van der Waals surface area (Å²) in [5.41, 5.74) is -0.849. The van der Waals surface area contributed by atoms with E-state index in [0.29, 0.717) is 0 Å². The van der Waals surface area contributed by atoms with Gasteiger partial charge < -0.3 is 60.5 Å². The lowest BCUT2D eigenvalue weighted by Crippen LogP contribution is -2.39. The number of fused-ring (bicyclic) bond motifs is 1. The molecule has 0 aromatic heterocycles. The van der Waals surface area contributed by atoms with Crippen LogP contribution in [0.5, 0.6) is 63.2 Å². The van der Waals surface area contributed by atoms with Crippen molar-refractivity contribution in [1.29, 1.82) is 0 Å². The monoisotopic (exact) mass is 566 g/mol. The number of benzene rings is 4. The molecule has 0 aliphatic carbocycles. The van der Waals surface area contributed by atoms with Crippen LogP contribution in [0.3, 0.4) is 0 Å². The number of phenols is 10. The van der Waals surface area contributed by atoms with Crippen LogP contribution in [0.1, 0.15) is 39.1 Å². The van der Waals surface area contributed by atoms with Crippen LogP contribution >= 0.6 is 0 Å². The van der Waals surface area contributed by atoms with Crippen LogP contribution in [-0.2, 0) is 4.74 Å². The van der Waals surface area contributed by atoms with Crippen LogP contribution in [0.25, 0.3) is 0 Å². The molecule has 0 saturated carbocycles. The number of ether oxygens (including phenoxy) is 2. The molecule has 0 spiro atoms. The van der Waals surface area contributed by atoms with Gasteiger partial charge in [-0.3, -0.25) is 0 Å². The first-order valence-electron chi connectivity index (χ1n) is 11.8. The third kappa shape index (κ3) is 4.65. The lowest BCUT2D eigenvalue weighted by atomic mass is 9.78. The molecular formula is C28H22O13. The van der Waals surface area contributed by atoms with E-state index >= 15 is 0 Å². The molecule has 10 N–H and O–H groups in total. The number of esters is 1. The highest BCUT2D eigenvalue weighted by molar-refractivity contribution is 5.91. The van der Waals surface area contributed by atoms with E-state index in [0.717, 1.165) is 48.5 Å². The molecule has 0 unspecified atom stereocenters. The second-order valence-corrected chi connectivity index (χ2v) is 9.27. The van der Waals surface area contributed by atoms with E-state index in [2.05, 4.69) is 0 Å². The van der Waals surface area contributed by atoms with E-state index < -0.39 is 87.2 Å². The largest absolute Gasteiger partial charge is 0.508 e. The molecule has 5 rings (SSSR count). The van der Waals surface area contributed by atoms with Crippen molar-refractivity contribution < 1.29 is 65.3 Å². The van der Waals surface area contributed by atoms with Crippen LogP contribution in [0, 0.1) is 0 Å². The van der Waals surface area contributed by atoms with E-state index in [-0.39, 0.29) is 22.4 Å². The van der Waals surface area contributed by atoms with Crippen LogP contribution < -0.4 is 4.74 Å². The Morgan fingerprint density at radius 2 is 1.17 bits per heavy atom. The molecule has 3 atom stereocenters. The SMILES string of the molecule is O=C(O[C@H]1[C@@H](c2c(O)cc(O)cc2O)c2c(O)cc(O)cc2O[C@@H]1c1ccc(O)c(O)c1)c1cc(O)c(O)c(O)c1. The minimum Gasteiger partial charge on any atom is -0.508 e. The zero-order valence-electron chi connectivity index (χ0n) is 20.6. The van der Waals surface area contributed by atoms with E-state index in [4.69, 9.17) is 9.47 Å². The molecule has 0 bridgehead atoms. The van der Waals surface area contributed by atoms with Crippen LogP contribution in [0.15, 0.2) is 54.6 Å². The highest BCUT2D eigenvalue weighted by Gasteiger charge is 2.47. The Bertz CT molecular complexity index is 1650. The zero-order chi connectivity index (χ0) is 29.7. The molecule has 212 valence electrons. The number of aromatic hydroxyl groups is 10. The van der Waals surface area contributed by atoms with Crippen molar-refractivity contribution >= 4 is 5.97 Å². The van der Waals surface area contributed by atoms with Gasteiger partial charge in [0.25, 0.3) is 0 Å². The molecular weight excluding hydrogens is 544 g/mol. The van der Waals surface area contributed by atoms with Gasteiger partial charge in [0.2, 0.25) is 0 Å². The van der Waals surface area contributed by atoms with Gasteiger partial charge in [-0.05, 0) is 24.3 Å². The zero-order valence-corrected chi connectivity index (χ0v) is 20.6. The fourth-order valence-corrected chi connectivity index (χ4v) is 4.81. The van der Waals surface area contributed by atoms with Crippen molar-refractivity contribution in [3.63, 3.8) is 0 Å². The van der Waals surface area contributed by atoms with Gasteiger partial charge in [0.15, 0.2) is 41.0 Å². The molecule has 13 heteroatoms. The molecule has 1 aliphatic rings. The van der Waals surface area contributed by atoms with Gasteiger partial charge >= 0.3 is 5.97 Å². The summed E-state index contributed by atoms with van der Waals surface area (Å²) < 4.78 is 11.7. The first-order valence-corrected chi connectivity index (χ1v) is 11.8. The number of hydrogen-bond acceptors (Lipinski definition) is 13. The fourth-order valence-electron chi connectivity index (χ4n) is 4.81. The van der Waals surface area contributed by atoms with Gasteiger partial charge in [-0.25, -0.2) is 4.79 Å². The molecule has 1 aliphatic heterocycles. The predicted octanol–water partition coefficient (Wildman–Crippen LogP) is 3.23. The van der Waals surface area contributed by atoms with Crippen LogP contribution in [-0.4, -0.2) is 63.1 Å². The van der Waals surface area contributed by atoms with E-state index in [1.165, 1.54) is 6.07 Å². The predicted molar refractivity (Wildman–Crippen MR) is 137 cm³/mol. The molecule has 41 heavy (non-hydrogen) atoms. The average Bonchev–Trinajstić information content (AvgIpc) is 2.88. The minimum atomic E-state index is -1.63. The van der Waals surface area contributed by atoms with Gasteiger partial charge in [-0.15, -0.1) is 0 Å². The maximum Gasteiger partial charge on any atom is 0.338 e.